The van der Waals surface area contributed by atoms with Gasteiger partial charge in [-0.3, -0.25) is 9.79 Å². The van der Waals surface area contributed by atoms with E-state index in [1.165, 1.54) is 0 Å². The molecular formula is C23H32N6O2. The highest BCUT2D eigenvalue weighted by Gasteiger charge is 2.21. The van der Waals surface area contributed by atoms with Crippen LogP contribution in [0.25, 0.3) is 0 Å². The van der Waals surface area contributed by atoms with E-state index in [0.717, 1.165) is 55.7 Å². The van der Waals surface area contributed by atoms with Crippen LogP contribution >= 0.6 is 0 Å². The highest BCUT2D eigenvalue weighted by atomic mass is 16.5. The van der Waals surface area contributed by atoms with Crippen LogP contribution in [-0.2, 0) is 4.79 Å². The molecule has 0 saturated carbocycles. The number of aryl methyl sites for hydroxylation is 1. The van der Waals surface area contributed by atoms with E-state index >= 15 is 0 Å². The van der Waals surface area contributed by atoms with Gasteiger partial charge in [0, 0.05) is 45.3 Å². The van der Waals surface area contributed by atoms with Gasteiger partial charge >= 0.3 is 0 Å². The molecule has 0 atom stereocenters. The van der Waals surface area contributed by atoms with Gasteiger partial charge in [-0.05, 0) is 37.6 Å². The van der Waals surface area contributed by atoms with Crippen molar-refractivity contribution in [2.75, 3.05) is 56.6 Å². The van der Waals surface area contributed by atoms with Gasteiger partial charge in [0.25, 0.3) is 0 Å². The smallest absolute Gasteiger partial charge is 0.227 e. The van der Waals surface area contributed by atoms with Crippen LogP contribution in [0.4, 0.5) is 11.5 Å². The average Bonchev–Trinajstić information content (AvgIpc) is 2.80. The lowest BCUT2D eigenvalue weighted by molar-refractivity contribution is -0.116. The molecule has 1 aromatic heterocycles. The summed E-state index contributed by atoms with van der Waals surface area (Å²) in [6, 6.07) is 11.8. The first-order valence-electron chi connectivity index (χ1n) is 10.7. The lowest BCUT2D eigenvalue weighted by atomic mass is 10.2. The van der Waals surface area contributed by atoms with Crippen molar-refractivity contribution in [3.8, 4) is 5.75 Å². The zero-order valence-corrected chi connectivity index (χ0v) is 18.6. The summed E-state index contributed by atoms with van der Waals surface area (Å²) in [4.78, 5) is 25.7. The molecule has 0 radical (unpaired) electrons. The molecule has 2 N–H and O–H groups in total. The van der Waals surface area contributed by atoms with Gasteiger partial charge in [-0.25, -0.2) is 4.98 Å². The van der Waals surface area contributed by atoms with Gasteiger partial charge in [0.2, 0.25) is 5.91 Å². The van der Waals surface area contributed by atoms with Crippen molar-refractivity contribution >= 4 is 23.4 Å². The normalized spacial score (nSPS) is 14.4. The number of carbonyl (C=O) groups excluding carboxylic acids is 1. The van der Waals surface area contributed by atoms with E-state index in [1.807, 2.05) is 37.3 Å². The predicted molar refractivity (Wildman–Crippen MR) is 125 cm³/mol. The van der Waals surface area contributed by atoms with E-state index in [0.29, 0.717) is 18.8 Å². The molecule has 1 amide bonds. The van der Waals surface area contributed by atoms with Gasteiger partial charge in [-0.2, -0.15) is 0 Å². The molecule has 2 heterocycles. The molecular weight excluding hydrogens is 392 g/mol. The summed E-state index contributed by atoms with van der Waals surface area (Å²) in [6.07, 6.45) is 2.05. The van der Waals surface area contributed by atoms with Gasteiger partial charge in [0.05, 0.1) is 19.3 Å². The van der Waals surface area contributed by atoms with Crippen LogP contribution in [0.2, 0.25) is 0 Å². The maximum atomic E-state index is 12.2. The lowest BCUT2D eigenvalue weighted by Gasteiger charge is -2.38. The minimum Gasteiger partial charge on any atom is -0.495 e. The molecule has 2 aromatic rings. The van der Waals surface area contributed by atoms with Crippen LogP contribution < -0.4 is 20.3 Å². The molecule has 1 aromatic carbocycles. The third-order valence-corrected chi connectivity index (χ3v) is 5.12. The Morgan fingerprint density at radius 2 is 1.94 bits per heavy atom. The number of aliphatic imine (C=N–C) groups is 1. The Kier molecular flexibility index (Phi) is 8.09. The highest BCUT2D eigenvalue weighted by Crippen LogP contribution is 2.28. The monoisotopic (exact) mass is 424 g/mol. The van der Waals surface area contributed by atoms with Crippen LogP contribution in [-0.4, -0.2) is 68.1 Å². The molecule has 166 valence electrons. The number of hydrogen-bond donors (Lipinski definition) is 2. The van der Waals surface area contributed by atoms with Crippen molar-refractivity contribution in [2.24, 2.45) is 4.99 Å². The van der Waals surface area contributed by atoms with Gasteiger partial charge in [0.1, 0.15) is 11.6 Å². The van der Waals surface area contributed by atoms with Crippen molar-refractivity contribution in [1.29, 1.82) is 0 Å². The Hall–Kier alpha value is -3.29. The first kappa shape index (κ1) is 22.4. The summed E-state index contributed by atoms with van der Waals surface area (Å²) in [5, 5.41) is 6.17. The number of para-hydroxylation sites is 2. The number of rotatable bonds is 7. The topological polar surface area (TPSA) is 82.1 Å². The number of carbonyl (C=O) groups is 1. The van der Waals surface area contributed by atoms with E-state index in [9.17, 15) is 4.79 Å². The Bertz CT molecular complexity index is 876. The molecule has 8 heteroatoms. The zero-order valence-electron chi connectivity index (χ0n) is 18.6. The van der Waals surface area contributed by atoms with Crippen LogP contribution in [0, 0.1) is 6.92 Å². The quantitative estimate of drug-likeness (QED) is 0.525. The first-order valence-corrected chi connectivity index (χ1v) is 10.7. The molecule has 1 fully saturated rings. The number of pyridine rings is 1. The van der Waals surface area contributed by atoms with Crippen LogP contribution in [0.3, 0.4) is 0 Å². The molecule has 31 heavy (non-hydrogen) atoms. The Balaban J connectivity index is 1.52. The number of nitrogens with one attached hydrogen (secondary N) is 2. The van der Waals surface area contributed by atoms with Crippen molar-refractivity contribution < 1.29 is 9.53 Å². The fourth-order valence-electron chi connectivity index (χ4n) is 3.49. The second kappa shape index (κ2) is 11.2. The number of nitrogens with zero attached hydrogens (tertiary/aromatic N) is 4. The van der Waals surface area contributed by atoms with E-state index in [4.69, 9.17) is 4.74 Å². The van der Waals surface area contributed by atoms with E-state index < -0.39 is 0 Å². The predicted octanol–water partition coefficient (Wildman–Crippen LogP) is 2.51. The summed E-state index contributed by atoms with van der Waals surface area (Å²) in [5.74, 6) is 2.23. The summed E-state index contributed by atoms with van der Waals surface area (Å²) >= 11 is 0. The Labute approximate surface area is 184 Å². The number of piperazine rings is 1. The third kappa shape index (κ3) is 6.34. The molecule has 0 spiro atoms. The van der Waals surface area contributed by atoms with Gasteiger partial charge < -0.3 is 25.2 Å². The number of methoxy groups -OCH3 is 1. The number of anilines is 2. The maximum absolute atomic E-state index is 12.2. The summed E-state index contributed by atoms with van der Waals surface area (Å²) in [7, 11) is 1.70. The highest BCUT2D eigenvalue weighted by molar-refractivity contribution is 5.90. The van der Waals surface area contributed by atoms with E-state index in [1.54, 1.807) is 13.3 Å². The van der Waals surface area contributed by atoms with Crippen molar-refractivity contribution in [3.05, 3.63) is 48.2 Å². The van der Waals surface area contributed by atoms with Crippen molar-refractivity contribution in [1.82, 2.24) is 15.2 Å². The number of benzene rings is 1. The van der Waals surface area contributed by atoms with Gasteiger partial charge in [-0.15, -0.1) is 0 Å². The number of ether oxygens (including phenoxy) is 1. The molecule has 1 aliphatic rings. The second-order valence-electron chi connectivity index (χ2n) is 7.40. The number of hydrogen-bond acceptors (Lipinski definition) is 5. The summed E-state index contributed by atoms with van der Waals surface area (Å²) in [6.45, 7) is 8.68. The second-order valence-corrected chi connectivity index (χ2v) is 7.40. The molecule has 1 saturated heterocycles. The van der Waals surface area contributed by atoms with Crippen LogP contribution in [0.5, 0.6) is 5.75 Å². The fourth-order valence-corrected chi connectivity index (χ4v) is 3.49. The fraction of sp³-hybridized carbons (Fsp3) is 0.435. The van der Waals surface area contributed by atoms with E-state index in [2.05, 4.69) is 43.4 Å². The Morgan fingerprint density at radius 3 is 2.61 bits per heavy atom. The Morgan fingerprint density at radius 1 is 1.16 bits per heavy atom. The minimum absolute atomic E-state index is 0.0862. The van der Waals surface area contributed by atoms with Crippen molar-refractivity contribution in [2.45, 2.75) is 20.3 Å². The van der Waals surface area contributed by atoms with Crippen LogP contribution in [0.15, 0.2) is 47.6 Å². The standard InChI is InChI=1S/C23H32N6O2/c1-4-24-23(25-12-11-22(30)27-21-10-9-18(2)17-26-21)29-15-13-28(14-16-29)19-7-5-6-8-20(19)31-3/h5-10,17H,4,11-16H2,1-3H3,(H,24,25)(H,26,27,30). The van der Waals surface area contributed by atoms with E-state index in [-0.39, 0.29) is 5.91 Å². The molecule has 3 rings (SSSR count). The van der Waals surface area contributed by atoms with Gasteiger partial charge in [0.15, 0.2) is 5.96 Å². The average molecular weight is 425 g/mol. The van der Waals surface area contributed by atoms with Crippen LogP contribution in [0.1, 0.15) is 18.9 Å². The largest absolute Gasteiger partial charge is 0.495 e. The number of guanidine groups is 1. The first-order chi connectivity index (χ1) is 15.1. The molecule has 8 nitrogen and oxygen atoms in total. The number of amides is 1. The third-order valence-electron chi connectivity index (χ3n) is 5.12. The van der Waals surface area contributed by atoms with Gasteiger partial charge in [-0.1, -0.05) is 18.2 Å². The molecule has 0 aliphatic carbocycles. The molecule has 1 aliphatic heterocycles. The molecule has 0 bridgehead atoms. The SMILES string of the molecule is CCNC(=NCCC(=O)Nc1ccc(C)cn1)N1CCN(c2ccccc2OC)CC1. The minimum atomic E-state index is -0.0862. The van der Waals surface area contributed by atoms with Crippen molar-refractivity contribution in [3.63, 3.8) is 0 Å². The zero-order chi connectivity index (χ0) is 22.1. The summed E-state index contributed by atoms with van der Waals surface area (Å²) in [5.41, 5.74) is 2.18. The maximum Gasteiger partial charge on any atom is 0.227 e. The summed E-state index contributed by atoms with van der Waals surface area (Å²) < 4.78 is 5.50. The molecule has 0 unspecified atom stereocenters. The number of aromatic nitrogens is 1. The lowest BCUT2D eigenvalue weighted by Crippen LogP contribution is -2.52.